The lowest BCUT2D eigenvalue weighted by Gasteiger charge is -2.35. The van der Waals surface area contributed by atoms with Crippen LogP contribution in [0.5, 0.6) is 0 Å². The van der Waals surface area contributed by atoms with E-state index in [-0.39, 0.29) is 17.8 Å². The fourth-order valence-corrected chi connectivity index (χ4v) is 3.66. The lowest BCUT2D eigenvalue weighted by atomic mass is 10.0. The quantitative estimate of drug-likeness (QED) is 0.787. The van der Waals surface area contributed by atoms with Gasteiger partial charge in [0.1, 0.15) is 5.82 Å². The first kappa shape index (κ1) is 18.3. The lowest BCUT2D eigenvalue weighted by Crippen LogP contribution is -2.43. The predicted octanol–water partition coefficient (Wildman–Crippen LogP) is 1.70. The Bertz CT molecular complexity index is 557. The highest BCUT2D eigenvalue weighted by Crippen LogP contribution is 2.22. The van der Waals surface area contributed by atoms with Gasteiger partial charge in [0.25, 0.3) is 0 Å². The van der Waals surface area contributed by atoms with Gasteiger partial charge in [-0.2, -0.15) is 0 Å². The SMILES string of the molecule is O=C(CCC1CCNC1)NCC(c1cccc(F)c1)N1CCOCC1. The maximum absolute atomic E-state index is 13.7. The van der Waals surface area contributed by atoms with E-state index in [4.69, 9.17) is 4.74 Å². The second-order valence-corrected chi connectivity index (χ2v) is 6.92. The molecule has 2 aliphatic rings. The molecule has 2 fully saturated rings. The highest BCUT2D eigenvalue weighted by molar-refractivity contribution is 5.75. The van der Waals surface area contributed by atoms with Gasteiger partial charge in [0.2, 0.25) is 5.91 Å². The number of hydrogen-bond donors (Lipinski definition) is 2. The molecule has 3 rings (SSSR count). The monoisotopic (exact) mass is 349 g/mol. The molecule has 6 heteroatoms. The number of benzene rings is 1. The van der Waals surface area contributed by atoms with Crippen LogP contribution < -0.4 is 10.6 Å². The third kappa shape index (κ3) is 5.49. The van der Waals surface area contributed by atoms with Gasteiger partial charge in [0.05, 0.1) is 19.3 Å². The number of rotatable bonds is 7. The van der Waals surface area contributed by atoms with Crippen molar-refractivity contribution in [2.45, 2.75) is 25.3 Å². The number of carbonyl (C=O) groups excluding carboxylic acids is 1. The lowest BCUT2D eigenvalue weighted by molar-refractivity contribution is -0.121. The number of nitrogens with one attached hydrogen (secondary N) is 2. The van der Waals surface area contributed by atoms with Gasteiger partial charge >= 0.3 is 0 Å². The van der Waals surface area contributed by atoms with Gasteiger partial charge < -0.3 is 15.4 Å². The summed E-state index contributed by atoms with van der Waals surface area (Å²) in [4.78, 5) is 14.5. The van der Waals surface area contributed by atoms with E-state index in [0.29, 0.717) is 32.1 Å². The maximum Gasteiger partial charge on any atom is 0.220 e. The Balaban J connectivity index is 1.56. The van der Waals surface area contributed by atoms with Crippen molar-refractivity contribution < 1.29 is 13.9 Å². The van der Waals surface area contributed by atoms with Crippen LogP contribution in [0, 0.1) is 11.7 Å². The molecular formula is C19H28FN3O2. The number of carbonyl (C=O) groups is 1. The minimum atomic E-state index is -0.240. The first-order chi connectivity index (χ1) is 12.2. The third-order valence-electron chi connectivity index (χ3n) is 5.15. The van der Waals surface area contributed by atoms with Crippen molar-refractivity contribution in [2.24, 2.45) is 5.92 Å². The van der Waals surface area contributed by atoms with Crippen LogP contribution in [-0.2, 0) is 9.53 Å². The van der Waals surface area contributed by atoms with Gasteiger partial charge in [0.15, 0.2) is 0 Å². The van der Waals surface area contributed by atoms with Crippen LogP contribution in [0.2, 0.25) is 0 Å². The van der Waals surface area contributed by atoms with Crippen LogP contribution in [0.25, 0.3) is 0 Å². The molecule has 0 spiro atoms. The van der Waals surface area contributed by atoms with Gasteiger partial charge in [-0.25, -0.2) is 4.39 Å². The van der Waals surface area contributed by atoms with Crippen molar-refractivity contribution in [2.75, 3.05) is 45.9 Å². The molecule has 0 saturated carbocycles. The summed E-state index contributed by atoms with van der Waals surface area (Å²) in [5, 5.41) is 6.39. The zero-order valence-corrected chi connectivity index (χ0v) is 14.7. The molecule has 2 saturated heterocycles. The number of ether oxygens (including phenoxy) is 1. The van der Waals surface area contributed by atoms with E-state index in [1.165, 1.54) is 6.07 Å². The van der Waals surface area contributed by atoms with Crippen molar-refractivity contribution in [3.63, 3.8) is 0 Å². The smallest absolute Gasteiger partial charge is 0.220 e. The highest BCUT2D eigenvalue weighted by Gasteiger charge is 2.24. The normalized spacial score (nSPS) is 22.7. The summed E-state index contributed by atoms with van der Waals surface area (Å²) < 4.78 is 19.1. The van der Waals surface area contributed by atoms with E-state index in [9.17, 15) is 9.18 Å². The molecule has 1 aromatic carbocycles. The fraction of sp³-hybridized carbons (Fsp3) is 0.632. The van der Waals surface area contributed by atoms with Crippen molar-refractivity contribution in [1.29, 1.82) is 0 Å². The van der Waals surface area contributed by atoms with Crippen LogP contribution >= 0.6 is 0 Å². The Labute approximate surface area is 148 Å². The van der Waals surface area contributed by atoms with E-state index in [2.05, 4.69) is 15.5 Å². The molecule has 0 bridgehead atoms. The van der Waals surface area contributed by atoms with Gasteiger partial charge in [-0.3, -0.25) is 9.69 Å². The van der Waals surface area contributed by atoms with Gasteiger partial charge in [-0.05, 0) is 49.5 Å². The molecule has 0 aromatic heterocycles. The summed E-state index contributed by atoms with van der Waals surface area (Å²) in [5.41, 5.74) is 0.905. The summed E-state index contributed by atoms with van der Waals surface area (Å²) >= 11 is 0. The summed E-state index contributed by atoms with van der Waals surface area (Å²) in [7, 11) is 0. The van der Waals surface area contributed by atoms with Gasteiger partial charge in [-0.1, -0.05) is 12.1 Å². The molecule has 2 atom stereocenters. The van der Waals surface area contributed by atoms with E-state index in [1.807, 2.05) is 6.07 Å². The minimum absolute atomic E-state index is 0.0169. The zero-order chi connectivity index (χ0) is 17.5. The molecule has 2 N–H and O–H groups in total. The summed E-state index contributed by atoms with van der Waals surface area (Å²) in [5.74, 6) is 0.460. The molecular weight excluding hydrogens is 321 g/mol. The summed E-state index contributed by atoms with van der Waals surface area (Å²) in [6.45, 7) is 5.53. The average Bonchev–Trinajstić information content (AvgIpc) is 3.15. The predicted molar refractivity (Wildman–Crippen MR) is 94.8 cm³/mol. The Kier molecular flexibility index (Phi) is 6.78. The van der Waals surface area contributed by atoms with Crippen molar-refractivity contribution in [1.82, 2.24) is 15.5 Å². The molecule has 2 heterocycles. The zero-order valence-electron chi connectivity index (χ0n) is 14.7. The Hall–Kier alpha value is -1.50. The number of hydrogen-bond acceptors (Lipinski definition) is 4. The van der Waals surface area contributed by atoms with Crippen molar-refractivity contribution in [3.05, 3.63) is 35.6 Å². The van der Waals surface area contributed by atoms with E-state index in [0.717, 1.165) is 44.6 Å². The number of amides is 1. The topological polar surface area (TPSA) is 53.6 Å². The molecule has 1 amide bonds. The molecule has 1 aromatic rings. The van der Waals surface area contributed by atoms with Crippen LogP contribution in [-0.4, -0.2) is 56.7 Å². The van der Waals surface area contributed by atoms with Crippen LogP contribution in [0.3, 0.4) is 0 Å². The number of halogens is 1. The van der Waals surface area contributed by atoms with Crippen LogP contribution in [0.15, 0.2) is 24.3 Å². The Morgan fingerprint density at radius 1 is 1.40 bits per heavy atom. The summed E-state index contributed by atoms with van der Waals surface area (Å²) in [6, 6.07) is 6.66. The fourth-order valence-electron chi connectivity index (χ4n) is 3.66. The van der Waals surface area contributed by atoms with Crippen LogP contribution in [0.4, 0.5) is 4.39 Å². The number of nitrogens with zero attached hydrogens (tertiary/aromatic N) is 1. The second-order valence-electron chi connectivity index (χ2n) is 6.92. The second kappa shape index (κ2) is 9.27. The molecule has 138 valence electrons. The van der Waals surface area contributed by atoms with E-state index < -0.39 is 0 Å². The molecule has 25 heavy (non-hydrogen) atoms. The molecule has 0 radical (unpaired) electrons. The van der Waals surface area contributed by atoms with Gasteiger partial charge in [0, 0.05) is 26.1 Å². The third-order valence-corrected chi connectivity index (χ3v) is 5.15. The number of morpholine rings is 1. The maximum atomic E-state index is 13.7. The minimum Gasteiger partial charge on any atom is -0.379 e. The first-order valence-corrected chi connectivity index (χ1v) is 9.27. The van der Waals surface area contributed by atoms with Crippen molar-refractivity contribution in [3.8, 4) is 0 Å². The van der Waals surface area contributed by atoms with E-state index in [1.54, 1.807) is 12.1 Å². The highest BCUT2D eigenvalue weighted by atomic mass is 19.1. The molecule has 0 aliphatic carbocycles. The standard InChI is InChI=1S/C19H28FN3O2/c20-17-3-1-2-16(12-17)18(23-8-10-25-11-9-23)14-22-19(24)5-4-15-6-7-21-13-15/h1-3,12,15,18,21H,4-11,13-14H2,(H,22,24). The van der Waals surface area contributed by atoms with E-state index >= 15 is 0 Å². The molecule has 5 nitrogen and oxygen atoms in total. The summed E-state index contributed by atoms with van der Waals surface area (Å²) in [6.07, 6.45) is 2.65. The van der Waals surface area contributed by atoms with Crippen molar-refractivity contribution >= 4 is 5.91 Å². The van der Waals surface area contributed by atoms with Crippen LogP contribution in [0.1, 0.15) is 30.9 Å². The Morgan fingerprint density at radius 2 is 2.24 bits per heavy atom. The molecule has 2 aliphatic heterocycles. The Morgan fingerprint density at radius 3 is 2.96 bits per heavy atom. The largest absolute Gasteiger partial charge is 0.379 e. The molecule has 2 unspecified atom stereocenters. The average molecular weight is 349 g/mol. The first-order valence-electron chi connectivity index (χ1n) is 9.27. The van der Waals surface area contributed by atoms with Gasteiger partial charge in [-0.15, -0.1) is 0 Å².